The van der Waals surface area contributed by atoms with E-state index in [1.807, 2.05) is 0 Å². The lowest BCUT2D eigenvalue weighted by atomic mass is 10.1. The molecule has 25 heavy (non-hydrogen) atoms. The van der Waals surface area contributed by atoms with Crippen LogP contribution in [0.25, 0.3) is 11.0 Å². The number of aliphatic hydroxyl groups excluding tert-OH is 3. The van der Waals surface area contributed by atoms with Crippen LogP contribution < -0.4 is 22.6 Å². The summed E-state index contributed by atoms with van der Waals surface area (Å²) in [6, 6.07) is 0. The van der Waals surface area contributed by atoms with Crippen LogP contribution >= 0.6 is 0 Å². The Morgan fingerprint density at radius 1 is 1.28 bits per heavy atom. The second-order valence-electron chi connectivity index (χ2n) is 5.54. The van der Waals surface area contributed by atoms with Gasteiger partial charge in [0.15, 0.2) is 11.9 Å². The van der Waals surface area contributed by atoms with E-state index in [0.717, 1.165) is 10.8 Å². The largest absolute Gasteiger partial charge is 0.394 e. The molecule has 1 amide bonds. The molecule has 1 fully saturated rings. The minimum Gasteiger partial charge on any atom is -0.394 e. The van der Waals surface area contributed by atoms with Gasteiger partial charge in [-0.25, -0.2) is 0 Å². The van der Waals surface area contributed by atoms with E-state index in [9.17, 15) is 24.9 Å². The number of carbonyl (C=O) groups is 1. The minimum atomic E-state index is -1.49. The molecule has 1 aliphatic heterocycles. The monoisotopic (exact) mass is 352 g/mol. The third kappa shape index (κ3) is 2.56. The SMILES string of the molecule is NC(=O)c1cn([C@@H]2O[C@@H](CO)[C@@H](O)[C@H]2O)c2nc(N)nc(N)c2c1=O. The van der Waals surface area contributed by atoms with Crippen molar-refractivity contribution < 1.29 is 24.9 Å². The molecule has 3 rings (SSSR count). The van der Waals surface area contributed by atoms with Crippen LogP contribution in [0.4, 0.5) is 11.8 Å². The van der Waals surface area contributed by atoms with Crippen molar-refractivity contribution in [2.75, 3.05) is 18.1 Å². The van der Waals surface area contributed by atoms with E-state index in [-0.39, 0.29) is 22.8 Å². The molecular formula is C13H16N6O6. The standard InChI is InChI=1S/C13H16N6O6/c14-9-5-6(21)3(10(15)24)1-19(11(5)18-13(16)17-9)12-8(23)7(22)4(2-20)25-12/h1,4,7-8,12,20,22-23H,2H2,(H2,15,24)(H4,14,16,17,18)/t4-,7+,8+,12+/m0/s1. The van der Waals surface area contributed by atoms with Gasteiger partial charge in [0.2, 0.25) is 11.4 Å². The quantitative estimate of drug-likeness (QED) is 0.323. The summed E-state index contributed by atoms with van der Waals surface area (Å²) in [4.78, 5) is 31.6. The summed E-state index contributed by atoms with van der Waals surface area (Å²) in [6.45, 7) is -0.561. The zero-order valence-corrected chi connectivity index (χ0v) is 12.7. The summed E-state index contributed by atoms with van der Waals surface area (Å²) in [7, 11) is 0. The summed E-state index contributed by atoms with van der Waals surface area (Å²) in [5.74, 6) is -1.57. The van der Waals surface area contributed by atoms with Crippen molar-refractivity contribution in [3.63, 3.8) is 0 Å². The topological polar surface area (TPSA) is 213 Å². The van der Waals surface area contributed by atoms with Crippen molar-refractivity contribution in [3.05, 3.63) is 22.0 Å². The number of aromatic nitrogens is 3. The summed E-state index contributed by atoms with van der Waals surface area (Å²) in [5.41, 5.74) is 15.1. The first-order valence-corrected chi connectivity index (χ1v) is 7.16. The normalized spacial score (nSPS) is 26.2. The van der Waals surface area contributed by atoms with Crippen LogP contribution in [0.5, 0.6) is 0 Å². The van der Waals surface area contributed by atoms with Gasteiger partial charge >= 0.3 is 0 Å². The first kappa shape index (κ1) is 17.0. The molecular weight excluding hydrogens is 336 g/mol. The molecule has 12 nitrogen and oxygen atoms in total. The number of primary amides is 1. The van der Waals surface area contributed by atoms with E-state index in [1.54, 1.807) is 0 Å². The highest BCUT2D eigenvalue weighted by molar-refractivity contribution is 5.98. The van der Waals surface area contributed by atoms with Crippen LogP contribution in [0.15, 0.2) is 11.0 Å². The third-order valence-electron chi connectivity index (χ3n) is 3.98. The van der Waals surface area contributed by atoms with Gasteiger partial charge in [-0.2, -0.15) is 9.97 Å². The maximum absolute atomic E-state index is 12.4. The van der Waals surface area contributed by atoms with Crippen LogP contribution in [0, 0.1) is 0 Å². The van der Waals surface area contributed by atoms with E-state index < -0.39 is 48.0 Å². The Bertz CT molecular complexity index is 914. The van der Waals surface area contributed by atoms with Crippen molar-refractivity contribution in [2.45, 2.75) is 24.5 Å². The van der Waals surface area contributed by atoms with Gasteiger partial charge in [-0.1, -0.05) is 0 Å². The highest BCUT2D eigenvalue weighted by atomic mass is 16.6. The van der Waals surface area contributed by atoms with Crippen molar-refractivity contribution >= 4 is 28.7 Å². The summed E-state index contributed by atoms with van der Waals surface area (Å²) >= 11 is 0. The van der Waals surface area contributed by atoms with Crippen molar-refractivity contribution in [3.8, 4) is 0 Å². The van der Waals surface area contributed by atoms with Crippen molar-refractivity contribution in [1.82, 2.24) is 14.5 Å². The van der Waals surface area contributed by atoms with E-state index >= 15 is 0 Å². The van der Waals surface area contributed by atoms with Gasteiger partial charge in [-0.05, 0) is 0 Å². The van der Waals surface area contributed by atoms with Gasteiger partial charge in [0.05, 0.1) is 6.61 Å². The molecule has 0 bridgehead atoms. The molecule has 0 aromatic carbocycles. The zero-order chi connectivity index (χ0) is 18.5. The molecule has 0 spiro atoms. The summed E-state index contributed by atoms with van der Waals surface area (Å²) in [5, 5.41) is 29.1. The van der Waals surface area contributed by atoms with Crippen LogP contribution in [-0.2, 0) is 4.74 Å². The number of fused-ring (bicyclic) bond motifs is 1. The van der Waals surface area contributed by atoms with Gasteiger partial charge in [0.25, 0.3) is 5.91 Å². The smallest absolute Gasteiger partial charge is 0.254 e. The number of rotatable bonds is 3. The van der Waals surface area contributed by atoms with Gasteiger partial charge in [0, 0.05) is 6.20 Å². The Morgan fingerprint density at radius 2 is 1.96 bits per heavy atom. The molecule has 3 heterocycles. The molecule has 0 saturated carbocycles. The Kier molecular flexibility index (Phi) is 4.04. The van der Waals surface area contributed by atoms with E-state index in [1.165, 1.54) is 0 Å². The number of hydrogen-bond donors (Lipinski definition) is 6. The fourth-order valence-corrected chi connectivity index (χ4v) is 2.76. The lowest BCUT2D eigenvalue weighted by Crippen LogP contribution is -2.34. The second kappa shape index (κ2) is 5.93. The number of hydrogen-bond acceptors (Lipinski definition) is 10. The molecule has 0 aliphatic carbocycles. The third-order valence-corrected chi connectivity index (χ3v) is 3.98. The Morgan fingerprint density at radius 3 is 2.52 bits per heavy atom. The van der Waals surface area contributed by atoms with Gasteiger partial charge in [-0.3, -0.25) is 9.59 Å². The van der Waals surface area contributed by atoms with Crippen LogP contribution in [0.3, 0.4) is 0 Å². The fourth-order valence-electron chi connectivity index (χ4n) is 2.76. The van der Waals surface area contributed by atoms with E-state index in [4.69, 9.17) is 21.9 Å². The van der Waals surface area contributed by atoms with Crippen LogP contribution in [0.2, 0.25) is 0 Å². The van der Waals surface area contributed by atoms with Gasteiger partial charge < -0.3 is 41.8 Å². The molecule has 2 aromatic heterocycles. The van der Waals surface area contributed by atoms with Crippen molar-refractivity contribution in [1.29, 1.82) is 0 Å². The average molecular weight is 352 g/mol. The van der Waals surface area contributed by atoms with Crippen LogP contribution in [0.1, 0.15) is 16.6 Å². The summed E-state index contributed by atoms with van der Waals surface area (Å²) in [6.07, 6.45) is -4.22. The molecule has 134 valence electrons. The number of carbonyl (C=O) groups excluding carboxylic acids is 1. The molecule has 4 atom stereocenters. The number of ether oxygens (including phenoxy) is 1. The maximum atomic E-state index is 12.4. The Balaban J connectivity index is 2.33. The van der Waals surface area contributed by atoms with E-state index in [0.29, 0.717) is 0 Å². The molecule has 0 unspecified atom stereocenters. The first-order valence-electron chi connectivity index (χ1n) is 7.16. The molecule has 9 N–H and O–H groups in total. The summed E-state index contributed by atoms with van der Waals surface area (Å²) < 4.78 is 6.51. The second-order valence-corrected chi connectivity index (χ2v) is 5.54. The van der Waals surface area contributed by atoms with Crippen molar-refractivity contribution in [2.24, 2.45) is 5.73 Å². The Hall–Kier alpha value is -2.80. The number of pyridine rings is 1. The molecule has 0 radical (unpaired) electrons. The minimum absolute atomic E-state index is 0.116. The molecule has 12 heteroatoms. The number of amides is 1. The number of anilines is 2. The molecule has 1 aliphatic rings. The number of nitrogens with two attached hydrogens (primary N) is 3. The zero-order valence-electron chi connectivity index (χ0n) is 12.7. The number of nitrogens with zero attached hydrogens (tertiary/aromatic N) is 3. The van der Waals surface area contributed by atoms with Crippen LogP contribution in [-0.4, -0.2) is 60.7 Å². The van der Waals surface area contributed by atoms with E-state index in [2.05, 4.69) is 9.97 Å². The maximum Gasteiger partial charge on any atom is 0.254 e. The molecule has 2 aromatic rings. The van der Waals surface area contributed by atoms with Gasteiger partial charge in [-0.15, -0.1) is 0 Å². The fraction of sp³-hybridized carbons (Fsp3) is 0.385. The predicted octanol–water partition coefficient (Wildman–Crippen LogP) is -3.33. The lowest BCUT2D eigenvalue weighted by Gasteiger charge is -2.21. The Labute approximate surface area is 139 Å². The predicted molar refractivity (Wildman–Crippen MR) is 84.2 cm³/mol. The van der Waals surface area contributed by atoms with Gasteiger partial charge in [0.1, 0.15) is 35.1 Å². The molecule has 1 saturated heterocycles. The number of aliphatic hydroxyl groups is 3. The first-order chi connectivity index (χ1) is 11.8. The average Bonchev–Trinajstić information content (AvgIpc) is 2.82. The lowest BCUT2D eigenvalue weighted by molar-refractivity contribution is -0.0511. The number of nitrogen functional groups attached to an aromatic ring is 2. The highest BCUT2D eigenvalue weighted by Gasteiger charge is 2.44. The highest BCUT2D eigenvalue weighted by Crippen LogP contribution is 2.31.